The van der Waals surface area contributed by atoms with Crippen LogP contribution in [0.15, 0.2) is 118 Å². The highest BCUT2D eigenvalue weighted by molar-refractivity contribution is 6.40. The van der Waals surface area contributed by atoms with Crippen molar-refractivity contribution in [2.45, 2.75) is 417 Å². The molecule has 8 rings (SSSR count). The number of rotatable bonds is 42. The third-order valence-electron chi connectivity index (χ3n) is 21.4. The van der Waals surface area contributed by atoms with Crippen LogP contribution in [0.2, 0.25) is 0 Å². The van der Waals surface area contributed by atoms with Crippen molar-refractivity contribution in [1.29, 1.82) is 0 Å². The number of aryl methyl sites for hydroxylation is 1. The second-order valence-corrected chi connectivity index (χ2v) is 44.5. The molecule has 29 heteroatoms. The van der Waals surface area contributed by atoms with Gasteiger partial charge >= 0.3 is 0 Å². The molecule has 776 valence electrons. The van der Waals surface area contributed by atoms with E-state index >= 15 is 0 Å². The number of ether oxygens (including phenoxy) is 1. The molecule has 1 aliphatic carbocycles. The Hall–Kier alpha value is -9.33. The number of Topliss-reactive ketones (excluding diaryl/α,β-unsaturated/α-hetero) is 6. The van der Waals surface area contributed by atoms with Crippen molar-refractivity contribution in [3.05, 3.63) is 138 Å². The summed E-state index contributed by atoms with van der Waals surface area (Å²) in [6.07, 6.45) is 16.4. The number of furan rings is 1. The lowest BCUT2D eigenvalue weighted by atomic mass is 9.84. The van der Waals surface area contributed by atoms with Gasteiger partial charge in [-0.05, 0) is 252 Å². The SMILES string of the molecule is CC(C)(C)NC1(c2ccccc2)CC1.CCCC(NC(C)(C)C)C(=O)C(=O)N1CC(C)(C)C1.CCCC(NC(C)(C)C)C(=O)C(=O)N1CCCCC1.CCCC(NC(C)(C)C)C(=O)C(=O)NCCOC.CCCC(NC(C)(C)C)C(=O)C(=O)NCc1cc(-c2ccc(C)cc2)no1.CCCC(NC(C)(C)C)C(=O)C(=O)NCc1ccccc1.CCCC(NC(C)(C)C)C(=O)C(=O)NCc1ccco1. The number of hydrogen-bond donors (Lipinski definition) is 11. The van der Waals surface area contributed by atoms with Gasteiger partial charge in [0.15, 0.2) is 5.76 Å². The zero-order chi connectivity index (χ0) is 105. The number of carbonyl (C=O) groups is 12. The molecule has 3 aromatic carbocycles. The van der Waals surface area contributed by atoms with Gasteiger partial charge in [-0.15, -0.1) is 0 Å². The fraction of sp³-hybridized carbons (Fsp3) is 0.661. The Bertz CT molecular complexity index is 4460. The van der Waals surface area contributed by atoms with Gasteiger partial charge in [-0.25, -0.2) is 0 Å². The van der Waals surface area contributed by atoms with E-state index in [0.717, 1.165) is 88.4 Å². The smallest absolute Gasteiger partial charge is 0.291 e. The second kappa shape index (κ2) is 60.1. The minimum Gasteiger partial charge on any atom is -0.467 e. The molecule has 0 spiro atoms. The summed E-state index contributed by atoms with van der Waals surface area (Å²) in [6, 6.07) is 31.1. The van der Waals surface area contributed by atoms with Gasteiger partial charge in [0.05, 0.1) is 62.2 Å². The molecule has 0 radical (unpaired) electrons. The summed E-state index contributed by atoms with van der Waals surface area (Å²) in [5, 5.41) is 37.6. The lowest BCUT2D eigenvalue weighted by Gasteiger charge is -2.45. The number of ketones is 6. The number of nitrogens with one attached hydrogen (secondary N) is 11. The van der Waals surface area contributed by atoms with Gasteiger partial charge in [0.2, 0.25) is 34.7 Å². The highest BCUT2D eigenvalue weighted by Crippen LogP contribution is 2.46. The average molecular weight is 1930 g/mol. The van der Waals surface area contributed by atoms with Crippen LogP contribution in [0, 0.1) is 12.3 Å². The maximum Gasteiger partial charge on any atom is 0.291 e. The fourth-order valence-electron chi connectivity index (χ4n) is 15.4. The van der Waals surface area contributed by atoms with Crippen molar-refractivity contribution in [1.82, 2.24) is 73.4 Å². The van der Waals surface area contributed by atoms with E-state index in [2.05, 4.69) is 129 Å². The van der Waals surface area contributed by atoms with Crippen molar-refractivity contribution < 1.29 is 71.2 Å². The fourth-order valence-corrected chi connectivity index (χ4v) is 15.4. The van der Waals surface area contributed by atoms with Crippen molar-refractivity contribution in [3.8, 4) is 11.3 Å². The molecule has 4 heterocycles. The number of methoxy groups -OCH3 is 1. The number of amides is 6. The summed E-state index contributed by atoms with van der Waals surface area (Å²) in [6.45, 7) is 65.2. The lowest BCUT2D eigenvalue weighted by molar-refractivity contribution is -0.153. The first-order valence-corrected chi connectivity index (χ1v) is 50.1. The Balaban J connectivity index is 0.000000548. The predicted octanol–water partition coefficient (Wildman–Crippen LogP) is 15.9. The Morgan fingerprint density at radius 1 is 0.399 bits per heavy atom. The van der Waals surface area contributed by atoms with Crippen LogP contribution in [-0.4, -0.2) is 207 Å². The summed E-state index contributed by atoms with van der Waals surface area (Å²) >= 11 is 0. The number of nitrogens with zero attached hydrogens (tertiary/aromatic N) is 3. The maximum atomic E-state index is 12.5. The summed E-state index contributed by atoms with van der Waals surface area (Å²) < 4.78 is 15.2. The zero-order valence-corrected chi connectivity index (χ0v) is 90.2. The largest absolute Gasteiger partial charge is 0.467 e. The summed E-state index contributed by atoms with van der Waals surface area (Å²) in [5.74, 6) is -3.95. The Morgan fingerprint density at radius 2 is 0.739 bits per heavy atom. The van der Waals surface area contributed by atoms with Crippen LogP contribution in [-0.2, 0) is 87.4 Å². The highest BCUT2D eigenvalue weighted by atomic mass is 16.5. The Kier molecular flexibility index (Phi) is 54.3. The summed E-state index contributed by atoms with van der Waals surface area (Å²) in [7, 11) is 1.55. The minimum atomic E-state index is -0.613. The van der Waals surface area contributed by atoms with Crippen LogP contribution in [0.1, 0.15) is 338 Å². The van der Waals surface area contributed by atoms with Gasteiger partial charge in [0.1, 0.15) is 11.5 Å². The average Bonchev–Trinajstić information content (AvgIpc) is 1.61. The first-order chi connectivity index (χ1) is 64.1. The molecule has 1 saturated carbocycles. The van der Waals surface area contributed by atoms with Crippen LogP contribution < -0.4 is 58.5 Å². The minimum absolute atomic E-state index is 0.123. The lowest BCUT2D eigenvalue weighted by Crippen LogP contribution is -2.60. The molecule has 6 atom stereocenters. The van der Waals surface area contributed by atoms with Gasteiger partial charge in [-0.2, -0.15) is 0 Å². The van der Waals surface area contributed by atoms with Gasteiger partial charge in [0.25, 0.3) is 35.4 Å². The van der Waals surface area contributed by atoms with Crippen LogP contribution in [0.25, 0.3) is 11.3 Å². The quantitative estimate of drug-likeness (QED) is 0.0128. The number of aromatic nitrogens is 1. The molecular formula is C109H180N14O15. The molecule has 6 amide bonds. The maximum absolute atomic E-state index is 12.5. The number of piperidine rings is 1. The molecule has 3 fully saturated rings. The number of benzene rings is 3. The third-order valence-corrected chi connectivity index (χ3v) is 21.4. The van der Waals surface area contributed by atoms with E-state index in [-0.39, 0.29) is 104 Å². The van der Waals surface area contributed by atoms with Crippen LogP contribution in [0.3, 0.4) is 0 Å². The predicted molar refractivity (Wildman–Crippen MR) is 553 cm³/mol. The van der Waals surface area contributed by atoms with E-state index in [1.165, 1.54) is 30.2 Å². The van der Waals surface area contributed by atoms with Crippen LogP contribution in [0.4, 0.5) is 0 Å². The highest BCUT2D eigenvalue weighted by Gasteiger charge is 2.47. The van der Waals surface area contributed by atoms with Crippen molar-refractivity contribution >= 4 is 70.1 Å². The van der Waals surface area contributed by atoms with E-state index in [1.807, 2.05) is 228 Å². The molecule has 6 unspecified atom stereocenters. The van der Waals surface area contributed by atoms with Gasteiger partial charge in [-0.3, -0.25) is 57.5 Å². The van der Waals surface area contributed by atoms with Gasteiger partial charge < -0.3 is 82.0 Å². The van der Waals surface area contributed by atoms with E-state index in [4.69, 9.17) is 13.7 Å². The molecule has 5 aromatic rings. The normalized spacial score (nSPS) is 15.2. The molecule has 2 aromatic heterocycles. The molecule has 2 saturated heterocycles. The molecule has 138 heavy (non-hydrogen) atoms. The zero-order valence-electron chi connectivity index (χ0n) is 90.2. The third kappa shape index (κ3) is 52.3. The van der Waals surface area contributed by atoms with E-state index < -0.39 is 65.1 Å². The number of carbonyl (C=O) groups excluding carboxylic acids is 12. The van der Waals surface area contributed by atoms with E-state index in [9.17, 15) is 57.5 Å². The van der Waals surface area contributed by atoms with Crippen LogP contribution >= 0.6 is 0 Å². The van der Waals surface area contributed by atoms with Gasteiger partial charge in [-0.1, -0.05) is 190 Å². The molecule has 2 aliphatic heterocycles. The van der Waals surface area contributed by atoms with E-state index in [1.54, 1.807) is 35.1 Å². The molecule has 29 nitrogen and oxygen atoms in total. The Morgan fingerprint density at radius 3 is 1.07 bits per heavy atom. The monoisotopic (exact) mass is 1930 g/mol. The molecular weight excluding hydrogens is 1750 g/mol. The van der Waals surface area contributed by atoms with Gasteiger partial charge in [0, 0.05) is 102 Å². The van der Waals surface area contributed by atoms with Crippen LogP contribution in [0.5, 0.6) is 0 Å². The summed E-state index contributed by atoms with van der Waals surface area (Å²) in [4.78, 5) is 149. The first kappa shape index (κ1) is 125. The number of hydrogen-bond acceptors (Lipinski definition) is 23. The van der Waals surface area contributed by atoms with Crippen molar-refractivity contribution in [2.24, 2.45) is 5.41 Å². The Labute approximate surface area is 828 Å². The molecule has 3 aliphatic rings. The first-order valence-electron chi connectivity index (χ1n) is 50.1. The second-order valence-electron chi connectivity index (χ2n) is 44.5. The topological polar surface area (TPSA) is 392 Å². The van der Waals surface area contributed by atoms with Crippen molar-refractivity contribution in [2.75, 3.05) is 46.4 Å². The molecule has 0 bridgehead atoms. The van der Waals surface area contributed by atoms with E-state index in [0.29, 0.717) is 82.1 Å². The number of likely N-dealkylation sites (tertiary alicyclic amines) is 2. The van der Waals surface area contributed by atoms with Crippen molar-refractivity contribution in [3.63, 3.8) is 0 Å². The standard InChI is InChI=1S/C21H29N3O3.C17H26N2O2.C15H24N2O3.2C15H28N2O2.C13H26N2O3.C13H19N/c1-6-7-17(23-21(3,4)5)19(25)20(26)22-13-16-12-18(24-27-16)15-10-8-14(2)9-11-15;1-5-9-14(19-17(2,3)4)15(20)16(21)18-12-13-10-7-6-8-11-13;1-5-7-12(17-15(2,3)4)13(18)14(19)16-10-11-8-6-9-20-11;1-7-8-11(16-14(2,3)4)12(18)13(19)17-9-15(5,6)10-17;1-5-9-12(16-15(2,3)4)13(18)14(19)17-10-7-6-8-11-17;1-6-7-10(15-13(2,3)4)11(16)12(17)14-8-9-18-5;1-12(2,3)14-13(9-10-13)11-7-5-4-6-8-11/h8-12,17,23H,6-7,13H2,1-5H3,(H,22,26);6-8,10-11,14,19H,5,9,12H2,1-4H3,(H,18,21);6,8-9,12,17H,5,7,10H2,1-4H3,(H,16,19);11,16H,7-10H2,1-6H3;12,16H,5-11H2,1-4H3;10,15H,6-9H2,1-5H3,(H,14,17);4-8,14H,9-10H2,1-3H3. The summed E-state index contributed by atoms with van der Waals surface area (Å²) in [5.41, 5.74) is 4.70. The molecule has 11 N–H and O–H groups in total.